The van der Waals surface area contributed by atoms with Crippen molar-refractivity contribution in [3.05, 3.63) is 65.6 Å². The van der Waals surface area contributed by atoms with E-state index >= 15 is 0 Å². The van der Waals surface area contributed by atoms with Gasteiger partial charge in [0.1, 0.15) is 5.82 Å². The van der Waals surface area contributed by atoms with Crippen LogP contribution in [0.3, 0.4) is 0 Å². The first kappa shape index (κ1) is 13.6. The zero-order valence-electron chi connectivity index (χ0n) is 12.4. The van der Waals surface area contributed by atoms with Gasteiger partial charge in [-0.15, -0.1) is 0 Å². The second kappa shape index (κ2) is 5.17. The quantitative estimate of drug-likeness (QED) is 0.675. The van der Waals surface area contributed by atoms with Crippen molar-refractivity contribution in [2.45, 2.75) is 13.8 Å². The predicted octanol–water partition coefficient (Wildman–Crippen LogP) is 4.51. The summed E-state index contributed by atoms with van der Waals surface area (Å²) < 4.78 is 15.5. The molecular formula is C18H17FN2. The Labute approximate surface area is 123 Å². The van der Waals surface area contributed by atoms with Crippen LogP contribution in [0.1, 0.15) is 11.1 Å². The van der Waals surface area contributed by atoms with E-state index in [1.807, 2.05) is 25.4 Å². The summed E-state index contributed by atoms with van der Waals surface area (Å²) in [6.07, 6.45) is 1.90. The molecule has 0 atom stereocenters. The lowest BCUT2D eigenvalue weighted by atomic mass is 9.91. The lowest BCUT2D eigenvalue weighted by molar-refractivity contribution is 0.628. The number of halogens is 1. The SMILES string of the molecule is Cc1cccc(C)c1-c1cc(F)ccc1-c1ccn(C)n1. The van der Waals surface area contributed by atoms with Crippen molar-refractivity contribution in [2.75, 3.05) is 0 Å². The topological polar surface area (TPSA) is 17.8 Å². The van der Waals surface area contributed by atoms with Crippen molar-refractivity contribution in [1.82, 2.24) is 9.78 Å². The number of benzene rings is 2. The highest BCUT2D eigenvalue weighted by atomic mass is 19.1. The molecule has 0 amide bonds. The van der Waals surface area contributed by atoms with Crippen molar-refractivity contribution in [3.8, 4) is 22.4 Å². The summed E-state index contributed by atoms with van der Waals surface area (Å²) in [5, 5.41) is 4.45. The Morgan fingerprint density at radius 3 is 2.29 bits per heavy atom. The second-order valence-electron chi connectivity index (χ2n) is 5.33. The summed E-state index contributed by atoms with van der Waals surface area (Å²) in [4.78, 5) is 0. The molecule has 0 spiro atoms. The zero-order valence-corrected chi connectivity index (χ0v) is 12.4. The van der Waals surface area contributed by atoms with Crippen LogP contribution in [-0.4, -0.2) is 9.78 Å². The summed E-state index contributed by atoms with van der Waals surface area (Å²) >= 11 is 0. The molecule has 3 rings (SSSR count). The second-order valence-corrected chi connectivity index (χ2v) is 5.33. The van der Waals surface area contributed by atoms with Crippen LogP contribution in [0.15, 0.2) is 48.7 Å². The Bertz CT molecular complexity index is 782. The molecule has 0 saturated heterocycles. The molecule has 2 nitrogen and oxygen atoms in total. The first-order valence-electron chi connectivity index (χ1n) is 6.92. The van der Waals surface area contributed by atoms with Gasteiger partial charge in [-0.1, -0.05) is 18.2 Å². The van der Waals surface area contributed by atoms with Crippen molar-refractivity contribution in [1.29, 1.82) is 0 Å². The van der Waals surface area contributed by atoms with Gasteiger partial charge >= 0.3 is 0 Å². The van der Waals surface area contributed by atoms with Crippen LogP contribution in [0, 0.1) is 19.7 Å². The van der Waals surface area contributed by atoms with Gasteiger partial charge in [0.15, 0.2) is 0 Å². The molecule has 0 aliphatic carbocycles. The molecule has 2 aromatic carbocycles. The van der Waals surface area contributed by atoms with Gasteiger partial charge in [-0.2, -0.15) is 5.10 Å². The van der Waals surface area contributed by atoms with E-state index in [4.69, 9.17) is 0 Å². The van der Waals surface area contributed by atoms with E-state index in [-0.39, 0.29) is 5.82 Å². The van der Waals surface area contributed by atoms with Gasteiger partial charge in [-0.05, 0) is 60.4 Å². The number of rotatable bonds is 2. The highest BCUT2D eigenvalue weighted by Gasteiger charge is 2.14. The van der Waals surface area contributed by atoms with Crippen molar-refractivity contribution >= 4 is 0 Å². The molecule has 21 heavy (non-hydrogen) atoms. The Kier molecular flexibility index (Phi) is 3.34. The normalized spacial score (nSPS) is 10.9. The van der Waals surface area contributed by atoms with Crippen LogP contribution in [0.4, 0.5) is 4.39 Å². The van der Waals surface area contributed by atoms with Crippen LogP contribution < -0.4 is 0 Å². The van der Waals surface area contributed by atoms with Crippen LogP contribution >= 0.6 is 0 Å². The Morgan fingerprint density at radius 2 is 1.67 bits per heavy atom. The third-order valence-electron chi connectivity index (χ3n) is 3.72. The van der Waals surface area contributed by atoms with E-state index in [2.05, 4.69) is 31.1 Å². The summed E-state index contributed by atoms with van der Waals surface area (Å²) in [5.41, 5.74) is 6.06. The highest BCUT2D eigenvalue weighted by molar-refractivity contribution is 5.84. The zero-order chi connectivity index (χ0) is 15.0. The number of hydrogen-bond acceptors (Lipinski definition) is 1. The molecule has 0 fully saturated rings. The third kappa shape index (κ3) is 2.47. The average molecular weight is 280 g/mol. The molecule has 0 radical (unpaired) electrons. The molecule has 0 aliphatic heterocycles. The summed E-state index contributed by atoms with van der Waals surface area (Å²) in [6, 6.07) is 13.0. The molecule has 0 saturated carbocycles. The average Bonchev–Trinajstić information content (AvgIpc) is 2.85. The van der Waals surface area contributed by atoms with E-state index in [9.17, 15) is 4.39 Å². The fraction of sp³-hybridized carbons (Fsp3) is 0.167. The van der Waals surface area contributed by atoms with Gasteiger partial charge in [-0.3, -0.25) is 4.68 Å². The number of aryl methyl sites for hydroxylation is 3. The third-order valence-corrected chi connectivity index (χ3v) is 3.72. The van der Waals surface area contributed by atoms with Crippen molar-refractivity contribution in [3.63, 3.8) is 0 Å². The molecule has 3 aromatic rings. The molecule has 0 unspecified atom stereocenters. The summed E-state index contributed by atoms with van der Waals surface area (Å²) in [7, 11) is 1.88. The summed E-state index contributed by atoms with van der Waals surface area (Å²) in [5.74, 6) is -0.229. The van der Waals surface area contributed by atoms with E-state index in [1.54, 1.807) is 16.8 Å². The van der Waals surface area contributed by atoms with Gasteiger partial charge in [0.2, 0.25) is 0 Å². The first-order valence-corrected chi connectivity index (χ1v) is 6.92. The first-order chi connectivity index (χ1) is 10.1. The van der Waals surface area contributed by atoms with E-state index in [0.717, 1.165) is 33.5 Å². The van der Waals surface area contributed by atoms with Gasteiger partial charge in [0.25, 0.3) is 0 Å². The maximum absolute atomic E-state index is 13.8. The van der Waals surface area contributed by atoms with E-state index in [1.165, 1.54) is 6.07 Å². The fourth-order valence-electron chi connectivity index (χ4n) is 2.74. The van der Waals surface area contributed by atoms with Crippen molar-refractivity contribution in [2.24, 2.45) is 7.05 Å². The lowest BCUT2D eigenvalue weighted by Gasteiger charge is -2.14. The van der Waals surface area contributed by atoms with E-state index in [0.29, 0.717) is 0 Å². The monoisotopic (exact) mass is 280 g/mol. The smallest absolute Gasteiger partial charge is 0.123 e. The highest BCUT2D eigenvalue weighted by Crippen LogP contribution is 2.35. The molecule has 0 aliphatic rings. The lowest BCUT2D eigenvalue weighted by Crippen LogP contribution is -1.94. The van der Waals surface area contributed by atoms with Gasteiger partial charge in [0.05, 0.1) is 5.69 Å². The molecule has 0 bridgehead atoms. The van der Waals surface area contributed by atoms with E-state index < -0.39 is 0 Å². The van der Waals surface area contributed by atoms with Crippen LogP contribution in [-0.2, 0) is 7.05 Å². The Balaban J connectivity index is 2.29. The standard InChI is InChI=1S/C18H17FN2/c1-12-5-4-6-13(2)18(12)16-11-14(19)7-8-15(16)17-9-10-21(3)20-17/h4-11H,1-3H3. The van der Waals surface area contributed by atoms with Gasteiger partial charge in [0, 0.05) is 18.8 Å². The molecule has 106 valence electrons. The largest absolute Gasteiger partial charge is 0.275 e. The minimum absolute atomic E-state index is 0.229. The number of nitrogens with zero attached hydrogens (tertiary/aromatic N) is 2. The van der Waals surface area contributed by atoms with Gasteiger partial charge < -0.3 is 0 Å². The summed E-state index contributed by atoms with van der Waals surface area (Å²) in [6.45, 7) is 4.10. The Morgan fingerprint density at radius 1 is 0.952 bits per heavy atom. The molecule has 1 aromatic heterocycles. The minimum atomic E-state index is -0.229. The molecule has 3 heteroatoms. The Hall–Kier alpha value is -2.42. The molecular weight excluding hydrogens is 263 g/mol. The minimum Gasteiger partial charge on any atom is -0.275 e. The maximum atomic E-state index is 13.8. The van der Waals surface area contributed by atoms with Crippen LogP contribution in [0.2, 0.25) is 0 Å². The molecule has 1 heterocycles. The van der Waals surface area contributed by atoms with Crippen LogP contribution in [0.25, 0.3) is 22.4 Å². The maximum Gasteiger partial charge on any atom is 0.123 e. The number of hydrogen-bond donors (Lipinski definition) is 0. The number of aromatic nitrogens is 2. The molecule has 0 N–H and O–H groups in total. The predicted molar refractivity (Wildman–Crippen MR) is 83.5 cm³/mol. The van der Waals surface area contributed by atoms with Crippen LogP contribution in [0.5, 0.6) is 0 Å². The fourth-order valence-corrected chi connectivity index (χ4v) is 2.74. The van der Waals surface area contributed by atoms with Crippen molar-refractivity contribution < 1.29 is 4.39 Å². The van der Waals surface area contributed by atoms with Gasteiger partial charge in [-0.25, -0.2) is 4.39 Å².